The van der Waals surface area contributed by atoms with Crippen LogP contribution < -0.4 is 9.64 Å². The van der Waals surface area contributed by atoms with Crippen LogP contribution in [0.2, 0.25) is 0 Å². The summed E-state index contributed by atoms with van der Waals surface area (Å²) >= 11 is 1.28. The summed E-state index contributed by atoms with van der Waals surface area (Å²) < 4.78 is 20.0. The molecule has 0 N–H and O–H groups in total. The van der Waals surface area contributed by atoms with Crippen LogP contribution in [0.3, 0.4) is 0 Å². The van der Waals surface area contributed by atoms with E-state index >= 15 is 0 Å². The molecular weight excluding hydrogens is 413 g/mol. The van der Waals surface area contributed by atoms with Crippen molar-refractivity contribution in [3.63, 3.8) is 0 Å². The Labute approximate surface area is 184 Å². The van der Waals surface area contributed by atoms with Gasteiger partial charge >= 0.3 is 0 Å². The van der Waals surface area contributed by atoms with E-state index < -0.39 is 0 Å². The smallest absolute Gasteiger partial charge is 0.260 e. The van der Waals surface area contributed by atoms with Crippen LogP contribution in [0.4, 0.5) is 9.52 Å². The number of unbranched alkanes of at least 4 members (excludes halogenated alkanes) is 1. The zero-order valence-electron chi connectivity index (χ0n) is 17.1. The van der Waals surface area contributed by atoms with Crippen molar-refractivity contribution in [2.75, 3.05) is 11.5 Å². The number of pyridine rings is 1. The van der Waals surface area contributed by atoms with E-state index in [2.05, 4.69) is 16.9 Å². The highest BCUT2D eigenvalue weighted by Gasteiger charge is 2.22. The summed E-state index contributed by atoms with van der Waals surface area (Å²) in [6.07, 6.45) is 3.73. The highest BCUT2D eigenvalue weighted by molar-refractivity contribution is 7.22. The Hall–Kier alpha value is -3.32. The molecule has 0 aliphatic carbocycles. The van der Waals surface area contributed by atoms with E-state index in [1.807, 2.05) is 18.2 Å². The SMILES string of the molecule is CCCCOc1ccc(C(=O)N(Cc2ccccn2)c2nc3ccc(F)cc3s2)cc1. The van der Waals surface area contributed by atoms with Gasteiger partial charge in [0.1, 0.15) is 11.6 Å². The number of thiazole rings is 1. The Bertz CT molecular complexity index is 1160. The van der Waals surface area contributed by atoms with Gasteiger partial charge in [0.05, 0.1) is 29.1 Å². The summed E-state index contributed by atoms with van der Waals surface area (Å²) in [5, 5.41) is 0.500. The number of nitrogens with zero attached hydrogens (tertiary/aromatic N) is 3. The first-order valence-electron chi connectivity index (χ1n) is 10.1. The number of aromatic nitrogens is 2. The van der Waals surface area contributed by atoms with Crippen LogP contribution in [-0.4, -0.2) is 22.5 Å². The molecule has 158 valence electrons. The summed E-state index contributed by atoms with van der Waals surface area (Å²) in [4.78, 5) is 23.9. The number of carbonyl (C=O) groups is 1. The standard InChI is InChI=1S/C24H22FN3O2S/c1-2-3-14-30-20-10-7-17(8-11-20)23(29)28(16-19-6-4-5-13-26-19)24-27-21-12-9-18(25)15-22(21)31-24/h4-13,15H,2-3,14,16H2,1H3. The molecule has 5 nitrogen and oxygen atoms in total. The number of anilines is 1. The molecule has 0 radical (unpaired) electrons. The zero-order chi connectivity index (χ0) is 21.6. The molecule has 0 atom stereocenters. The number of rotatable bonds is 8. The Morgan fingerprint density at radius 2 is 1.97 bits per heavy atom. The molecule has 7 heteroatoms. The van der Waals surface area contributed by atoms with Gasteiger partial charge in [-0.25, -0.2) is 9.37 Å². The minimum absolute atomic E-state index is 0.203. The second-order valence-corrected chi connectivity index (χ2v) is 8.06. The second kappa shape index (κ2) is 9.66. The largest absolute Gasteiger partial charge is 0.494 e. The second-order valence-electron chi connectivity index (χ2n) is 7.05. The van der Waals surface area contributed by atoms with Crippen LogP contribution in [-0.2, 0) is 6.54 Å². The number of hydrogen-bond donors (Lipinski definition) is 0. The molecule has 0 saturated heterocycles. The first-order chi connectivity index (χ1) is 15.1. The van der Waals surface area contributed by atoms with Gasteiger partial charge in [-0.05, 0) is 61.0 Å². The lowest BCUT2D eigenvalue weighted by Gasteiger charge is -2.19. The average Bonchev–Trinajstić information content (AvgIpc) is 3.21. The molecule has 0 fully saturated rings. The Kier molecular flexibility index (Phi) is 6.52. The summed E-state index contributed by atoms with van der Waals surface area (Å²) in [6.45, 7) is 3.02. The van der Waals surface area contributed by atoms with Crippen molar-refractivity contribution in [3.05, 3.63) is 83.9 Å². The van der Waals surface area contributed by atoms with Crippen LogP contribution in [0.1, 0.15) is 35.8 Å². The monoisotopic (exact) mass is 435 g/mol. The molecule has 0 aliphatic rings. The van der Waals surface area contributed by atoms with E-state index in [1.54, 1.807) is 41.4 Å². The number of halogens is 1. The molecule has 2 heterocycles. The molecule has 0 bridgehead atoms. The van der Waals surface area contributed by atoms with Gasteiger partial charge in [0, 0.05) is 11.8 Å². The maximum Gasteiger partial charge on any atom is 0.260 e. The minimum atomic E-state index is -0.330. The van der Waals surface area contributed by atoms with Crippen molar-refractivity contribution < 1.29 is 13.9 Å². The van der Waals surface area contributed by atoms with E-state index in [0.29, 0.717) is 27.5 Å². The van der Waals surface area contributed by atoms with Crippen molar-refractivity contribution in [2.24, 2.45) is 0 Å². The van der Waals surface area contributed by atoms with E-state index in [9.17, 15) is 9.18 Å². The predicted octanol–water partition coefficient (Wildman–Crippen LogP) is 5.86. The van der Waals surface area contributed by atoms with Crippen molar-refractivity contribution in [2.45, 2.75) is 26.3 Å². The van der Waals surface area contributed by atoms with Crippen LogP contribution >= 0.6 is 11.3 Å². The van der Waals surface area contributed by atoms with Crippen LogP contribution in [0.25, 0.3) is 10.2 Å². The van der Waals surface area contributed by atoms with Crippen molar-refractivity contribution in [1.29, 1.82) is 0 Å². The lowest BCUT2D eigenvalue weighted by Crippen LogP contribution is -2.30. The third kappa shape index (κ3) is 5.06. The van der Waals surface area contributed by atoms with Gasteiger partial charge in [-0.1, -0.05) is 30.7 Å². The first kappa shape index (κ1) is 20.9. The summed E-state index contributed by atoms with van der Waals surface area (Å²) in [6, 6.07) is 17.1. The number of amides is 1. The lowest BCUT2D eigenvalue weighted by molar-refractivity contribution is 0.0985. The molecule has 1 amide bonds. The van der Waals surface area contributed by atoms with Crippen LogP contribution in [0, 0.1) is 5.82 Å². The highest BCUT2D eigenvalue weighted by atomic mass is 32.1. The molecule has 0 spiro atoms. The van der Waals surface area contributed by atoms with Gasteiger partial charge in [0.2, 0.25) is 0 Å². The van der Waals surface area contributed by atoms with Crippen molar-refractivity contribution in [1.82, 2.24) is 9.97 Å². The number of benzene rings is 2. The fourth-order valence-corrected chi connectivity index (χ4v) is 4.05. The molecule has 4 aromatic rings. The Morgan fingerprint density at radius 3 is 2.71 bits per heavy atom. The fourth-order valence-electron chi connectivity index (χ4n) is 3.07. The van der Waals surface area contributed by atoms with Gasteiger partial charge in [-0.15, -0.1) is 0 Å². The Morgan fingerprint density at radius 1 is 1.13 bits per heavy atom. The van der Waals surface area contributed by atoms with Gasteiger partial charge < -0.3 is 4.74 Å². The molecule has 2 aromatic heterocycles. The lowest BCUT2D eigenvalue weighted by atomic mass is 10.2. The van der Waals surface area contributed by atoms with E-state index in [-0.39, 0.29) is 18.3 Å². The molecule has 4 rings (SSSR count). The third-order valence-corrected chi connectivity index (χ3v) is 5.77. The first-order valence-corrected chi connectivity index (χ1v) is 11.0. The topological polar surface area (TPSA) is 55.3 Å². The van der Waals surface area contributed by atoms with Crippen molar-refractivity contribution in [3.8, 4) is 5.75 Å². The molecular formula is C24H22FN3O2S. The van der Waals surface area contributed by atoms with Crippen LogP contribution in [0.15, 0.2) is 66.9 Å². The average molecular weight is 436 g/mol. The van der Waals surface area contributed by atoms with E-state index in [4.69, 9.17) is 4.74 Å². The molecule has 2 aromatic carbocycles. The maximum atomic E-state index is 13.6. The highest BCUT2D eigenvalue weighted by Crippen LogP contribution is 2.31. The molecule has 31 heavy (non-hydrogen) atoms. The van der Waals surface area contributed by atoms with Gasteiger partial charge in [-0.2, -0.15) is 0 Å². The van der Waals surface area contributed by atoms with Gasteiger partial charge in [-0.3, -0.25) is 14.7 Å². The van der Waals surface area contributed by atoms with Crippen molar-refractivity contribution >= 4 is 32.6 Å². The zero-order valence-corrected chi connectivity index (χ0v) is 17.9. The normalized spacial score (nSPS) is 10.9. The van der Waals surface area contributed by atoms with E-state index in [1.165, 1.54) is 23.5 Å². The minimum Gasteiger partial charge on any atom is -0.494 e. The molecule has 0 aliphatic heterocycles. The summed E-state index contributed by atoms with van der Waals surface area (Å²) in [5.41, 5.74) is 1.91. The van der Waals surface area contributed by atoms with E-state index in [0.717, 1.165) is 24.3 Å². The maximum absolute atomic E-state index is 13.6. The predicted molar refractivity (Wildman–Crippen MR) is 121 cm³/mol. The molecule has 0 unspecified atom stereocenters. The number of hydrogen-bond acceptors (Lipinski definition) is 5. The quantitative estimate of drug-likeness (QED) is 0.326. The number of ether oxygens (including phenoxy) is 1. The number of carbonyl (C=O) groups excluding carboxylic acids is 1. The third-order valence-electron chi connectivity index (χ3n) is 4.73. The fraction of sp³-hybridized carbons (Fsp3) is 0.208. The summed E-state index contributed by atoms with van der Waals surface area (Å²) in [5.74, 6) is 0.200. The number of fused-ring (bicyclic) bond motifs is 1. The molecule has 0 saturated carbocycles. The Balaban J connectivity index is 1.63. The van der Waals surface area contributed by atoms with Gasteiger partial charge in [0.25, 0.3) is 5.91 Å². The summed E-state index contributed by atoms with van der Waals surface area (Å²) in [7, 11) is 0. The van der Waals surface area contributed by atoms with Crippen LogP contribution in [0.5, 0.6) is 5.75 Å². The van der Waals surface area contributed by atoms with Gasteiger partial charge in [0.15, 0.2) is 5.13 Å².